The van der Waals surface area contributed by atoms with Crippen LogP contribution in [0.3, 0.4) is 0 Å². The number of benzene rings is 1. The molecule has 0 bridgehead atoms. The Balaban J connectivity index is 2.91. The predicted octanol–water partition coefficient (Wildman–Crippen LogP) is 2.25. The van der Waals surface area contributed by atoms with Gasteiger partial charge in [-0.15, -0.1) is 0 Å². The van der Waals surface area contributed by atoms with Crippen molar-refractivity contribution in [3.05, 3.63) is 41.8 Å². The summed E-state index contributed by atoms with van der Waals surface area (Å²) in [5.74, 6) is -0.428. The van der Waals surface area contributed by atoms with Crippen molar-refractivity contribution in [3.63, 3.8) is 0 Å². The molecule has 0 fully saturated rings. The average Bonchev–Trinajstić information content (AvgIpc) is 2.16. The number of rotatable bonds is 0. The van der Waals surface area contributed by atoms with E-state index in [-0.39, 0.29) is 0 Å². The number of halogens is 1. The molecule has 2 nitrogen and oxygen atoms in total. The molecule has 0 unspecified atom stereocenters. The molecule has 0 aliphatic carbocycles. The van der Waals surface area contributed by atoms with E-state index < -0.39 is 5.82 Å². The van der Waals surface area contributed by atoms with Crippen LogP contribution in [0.25, 0.3) is 10.9 Å². The lowest BCUT2D eigenvalue weighted by atomic mass is 10.1. The normalized spacial score (nSPS) is 9.85. The first-order chi connectivity index (χ1) is 6.31. The standard InChI is InChI=1S/C10H5FN2/c11-8-4-7(6-12)9-2-1-3-13-10(9)5-8/h1-5H. The first kappa shape index (κ1) is 7.69. The Morgan fingerprint density at radius 2 is 2.23 bits per heavy atom. The zero-order chi connectivity index (χ0) is 9.26. The molecular formula is C10H5FN2. The minimum Gasteiger partial charge on any atom is -0.256 e. The van der Waals surface area contributed by atoms with E-state index in [9.17, 15) is 4.39 Å². The lowest BCUT2D eigenvalue weighted by Crippen LogP contribution is -1.85. The van der Waals surface area contributed by atoms with Crippen LogP contribution in [-0.2, 0) is 0 Å². The fourth-order valence-electron chi connectivity index (χ4n) is 1.24. The molecule has 0 N–H and O–H groups in total. The van der Waals surface area contributed by atoms with Crippen LogP contribution in [0.2, 0.25) is 0 Å². The molecule has 1 aromatic heterocycles. The molecule has 0 radical (unpaired) electrons. The maximum Gasteiger partial charge on any atom is 0.126 e. The van der Waals surface area contributed by atoms with Gasteiger partial charge in [0, 0.05) is 17.6 Å². The minimum absolute atomic E-state index is 0.322. The Morgan fingerprint density at radius 3 is 3.00 bits per heavy atom. The van der Waals surface area contributed by atoms with Gasteiger partial charge in [0.1, 0.15) is 5.82 Å². The van der Waals surface area contributed by atoms with Gasteiger partial charge in [-0.25, -0.2) is 4.39 Å². The molecule has 62 valence electrons. The highest BCUT2D eigenvalue weighted by atomic mass is 19.1. The molecule has 2 aromatic rings. The molecule has 0 spiro atoms. The van der Waals surface area contributed by atoms with Gasteiger partial charge in [-0.1, -0.05) is 0 Å². The van der Waals surface area contributed by atoms with E-state index in [1.807, 2.05) is 6.07 Å². The van der Waals surface area contributed by atoms with Gasteiger partial charge in [-0.05, 0) is 18.2 Å². The Labute approximate surface area is 74.3 Å². The smallest absolute Gasteiger partial charge is 0.126 e. The summed E-state index contributed by atoms with van der Waals surface area (Å²) < 4.78 is 12.9. The van der Waals surface area contributed by atoms with E-state index >= 15 is 0 Å². The van der Waals surface area contributed by atoms with Crippen molar-refractivity contribution in [3.8, 4) is 6.07 Å². The Morgan fingerprint density at radius 1 is 1.38 bits per heavy atom. The van der Waals surface area contributed by atoms with Crippen molar-refractivity contribution in [1.29, 1.82) is 5.26 Å². The van der Waals surface area contributed by atoms with E-state index in [1.54, 1.807) is 18.3 Å². The largest absolute Gasteiger partial charge is 0.256 e. The molecule has 2 rings (SSSR count). The summed E-state index contributed by atoms with van der Waals surface area (Å²) >= 11 is 0. The van der Waals surface area contributed by atoms with E-state index in [1.165, 1.54) is 12.1 Å². The summed E-state index contributed by atoms with van der Waals surface area (Å²) in [5, 5.41) is 9.40. The van der Waals surface area contributed by atoms with E-state index in [0.717, 1.165) is 0 Å². The van der Waals surface area contributed by atoms with Crippen LogP contribution in [0.1, 0.15) is 5.56 Å². The number of hydrogen-bond acceptors (Lipinski definition) is 2. The van der Waals surface area contributed by atoms with Crippen molar-refractivity contribution >= 4 is 10.9 Å². The maximum absolute atomic E-state index is 12.9. The van der Waals surface area contributed by atoms with Gasteiger partial charge in [0.15, 0.2) is 0 Å². The van der Waals surface area contributed by atoms with Crippen molar-refractivity contribution in [1.82, 2.24) is 4.98 Å². The van der Waals surface area contributed by atoms with Gasteiger partial charge in [-0.2, -0.15) is 5.26 Å². The number of fused-ring (bicyclic) bond motifs is 1. The van der Waals surface area contributed by atoms with Gasteiger partial charge < -0.3 is 0 Å². The summed E-state index contributed by atoms with van der Waals surface area (Å²) in [7, 11) is 0. The second kappa shape index (κ2) is 2.83. The molecule has 0 saturated carbocycles. The third kappa shape index (κ3) is 1.23. The molecular weight excluding hydrogens is 167 g/mol. The third-order valence-corrected chi connectivity index (χ3v) is 1.81. The monoisotopic (exact) mass is 172 g/mol. The van der Waals surface area contributed by atoms with E-state index in [2.05, 4.69) is 4.98 Å². The first-order valence-corrected chi connectivity index (χ1v) is 3.75. The fraction of sp³-hybridized carbons (Fsp3) is 0. The topological polar surface area (TPSA) is 36.7 Å². The summed E-state index contributed by atoms with van der Waals surface area (Å²) in [6, 6.07) is 7.93. The molecule has 0 aliphatic rings. The van der Waals surface area contributed by atoms with Gasteiger partial charge >= 0.3 is 0 Å². The third-order valence-electron chi connectivity index (χ3n) is 1.81. The average molecular weight is 172 g/mol. The zero-order valence-electron chi connectivity index (χ0n) is 6.66. The van der Waals surface area contributed by atoms with Crippen LogP contribution in [-0.4, -0.2) is 4.98 Å². The first-order valence-electron chi connectivity index (χ1n) is 3.75. The number of nitriles is 1. The number of aromatic nitrogens is 1. The summed E-state index contributed by atoms with van der Waals surface area (Å²) in [5.41, 5.74) is 0.835. The van der Waals surface area contributed by atoms with Crippen LogP contribution < -0.4 is 0 Å². The second-order valence-corrected chi connectivity index (χ2v) is 2.64. The Bertz CT molecular complexity index is 500. The highest BCUT2D eigenvalue weighted by Crippen LogP contribution is 2.17. The lowest BCUT2D eigenvalue weighted by Gasteiger charge is -1.98. The zero-order valence-corrected chi connectivity index (χ0v) is 6.66. The van der Waals surface area contributed by atoms with Crippen LogP contribution in [0, 0.1) is 17.1 Å². The van der Waals surface area contributed by atoms with Crippen LogP contribution in [0.4, 0.5) is 4.39 Å². The maximum atomic E-state index is 12.9. The summed E-state index contributed by atoms with van der Waals surface area (Å²) in [6.07, 6.45) is 1.57. The van der Waals surface area contributed by atoms with Gasteiger partial charge in [0.25, 0.3) is 0 Å². The second-order valence-electron chi connectivity index (χ2n) is 2.64. The quantitative estimate of drug-likeness (QED) is 0.611. The summed E-state index contributed by atoms with van der Waals surface area (Å²) in [4.78, 5) is 3.96. The SMILES string of the molecule is N#Cc1cc(F)cc2ncccc12. The van der Waals surface area contributed by atoms with Crippen LogP contribution in [0.5, 0.6) is 0 Å². The highest BCUT2D eigenvalue weighted by Gasteiger charge is 2.02. The fourth-order valence-corrected chi connectivity index (χ4v) is 1.24. The van der Waals surface area contributed by atoms with Gasteiger partial charge in [0.05, 0.1) is 17.1 Å². The van der Waals surface area contributed by atoms with Gasteiger partial charge in [-0.3, -0.25) is 4.98 Å². The molecule has 1 aromatic carbocycles. The molecule has 0 atom stereocenters. The Kier molecular flexibility index (Phi) is 1.67. The van der Waals surface area contributed by atoms with Crippen LogP contribution >= 0.6 is 0 Å². The molecule has 1 heterocycles. The number of pyridine rings is 1. The predicted molar refractivity (Wildman–Crippen MR) is 46.4 cm³/mol. The minimum atomic E-state index is -0.428. The van der Waals surface area contributed by atoms with E-state index in [4.69, 9.17) is 5.26 Å². The number of nitrogens with zero attached hydrogens (tertiary/aromatic N) is 2. The van der Waals surface area contributed by atoms with Crippen molar-refractivity contribution in [2.45, 2.75) is 0 Å². The molecule has 3 heteroatoms. The molecule has 0 saturated heterocycles. The van der Waals surface area contributed by atoms with Crippen molar-refractivity contribution < 1.29 is 4.39 Å². The Hall–Kier alpha value is -1.95. The van der Waals surface area contributed by atoms with E-state index in [0.29, 0.717) is 16.5 Å². The lowest BCUT2D eigenvalue weighted by molar-refractivity contribution is 0.629. The number of hydrogen-bond donors (Lipinski definition) is 0. The van der Waals surface area contributed by atoms with Crippen molar-refractivity contribution in [2.75, 3.05) is 0 Å². The van der Waals surface area contributed by atoms with Gasteiger partial charge in [0.2, 0.25) is 0 Å². The highest BCUT2D eigenvalue weighted by molar-refractivity contribution is 5.84. The summed E-state index contributed by atoms with van der Waals surface area (Å²) in [6.45, 7) is 0. The van der Waals surface area contributed by atoms with Crippen molar-refractivity contribution in [2.24, 2.45) is 0 Å². The van der Waals surface area contributed by atoms with Crippen LogP contribution in [0.15, 0.2) is 30.5 Å². The molecule has 13 heavy (non-hydrogen) atoms. The molecule has 0 aliphatic heterocycles. The molecule has 0 amide bonds.